The number of amides is 1. The first-order chi connectivity index (χ1) is 8.72. The zero-order valence-electron chi connectivity index (χ0n) is 11.2. The number of benzene rings is 1. The molecule has 2 rings (SSSR count). The van der Waals surface area contributed by atoms with Crippen LogP contribution in [0.2, 0.25) is 0 Å². The van der Waals surface area contributed by atoms with Gasteiger partial charge in [-0.25, -0.2) is 0 Å². The Morgan fingerprint density at radius 1 is 1.44 bits per heavy atom. The molecule has 3 nitrogen and oxygen atoms in total. The van der Waals surface area contributed by atoms with Gasteiger partial charge in [-0.05, 0) is 38.8 Å². The van der Waals surface area contributed by atoms with E-state index in [4.69, 9.17) is 0 Å². The minimum atomic E-state index is -0.0821. The number of likely N-dealkylation sites (tertiary alicyclic amines) is 1. The molecule has 0 aliphatic carbocycles. The fourth-order valence-electron chi connectivity index (χ4n) is 2.60. The van der Waals surface area contributed by atoms with E-state index in [1.54, 1.807) is 0 Å². The van der Waals surface area contributed by atoms with Crippen LogP contribution in [0.3, 0.4) is 0 Å². The summed E-state index contributed by atoms with van der Waals surface area (Å²) in [5.41, 5.74) is 1.32. The van der Waals surface area contributed by atoms with Crippen LogP contribution in [0.25, 0.3) is 0 Å². The standard InChI is InChI=1S/C15H22N2O/c1-12(16-2)15(18)17-10-6-9-14(17)11-13-7-4-3-5-8-13/h3-5,7-8,12,14,16H,6,9-11H2,1-2H3. The van der Waals surface area contributed by atoms with E-state index in [1.807, 2.05) is 24.9 Å². The van der Waals surface area contributed by atoms with Crippen molar-refractivity contribution in [2.45, 2.75) is 38.3 Å². The van der Waals surface area contributed by atoms with Gasteiger partial charge in [0.2, 0.25) is 5.91 Å². The fraction of sp³-hybridized carbons (Fsp3) is 0.533. The quantitative estimate of drug-likeness (QED) is 0.879. The van der Waals surface area contributed by atoms with Gasteiger partial charge in [-0.15, -0.1) is 0 Å². The largest absolute Gasteiger partial charge is 0.338 e. The zero-order chi connectivity index (χ0) is 13.0. The van der Waals surface area contributed by atoms with Gasteiger partial charge in [0.15, 0.2) is 0 Å². The highest BCUT2D eigenvalue weighted by Crippen LogP contribution is 2.21. The predicted octanol–water partition coefficient (Wildman–Crippen LogP) is 1.83. The highest BCUT2D eigenvalue weighted by Gasteiger charge is 2.30. The lowest BCUT2D eigenvalue weighted by atomic mass is 10.0. The minimum absolute atomic E-state index is 0.0821. The second-order valence-electron chi connectivity index (χ2n) is 5.03. The summed E-state index contributed by atoms with van der Waals surface area (Å²) in [7, 11) is 1.84. The van der Waals surface area contributed by atoms with E-state index >= 15 is 0 Å². The molecule has 1 N–H and O–H groups in total. The molecule has 1 saturated heterocycles. The molecule has 3 heteroatoms. The SMILES string of the molecule is CNC(C)C(=O)N1CCCC1Cc1ccccc1. The van der Waals surface area contributed by atoms with Crippen LogP contribution in [-0.2, 0) is 11.2 Å². The third-order valence-electron chi connectivity index (χ3n) is 3.78. The lowest BCUT2D eigenvalue weighted by Gasteiger charge is -2.27. The number of hydrogen-bond acceptors (Lipinski definition) is 2. The highest BCUT2D eigenvalue weighted by molar-refractivity contribution is 5.82. The molecule has 1 fully saturated rings. The first-order valence-electron chi connectivity index (χ1n) is 6.74. The van der Waals surface area contributed by atoms with Crippen molar-refractivity contribution in [1.29, 1.82) is 0 Å². The van der Waals surface area contributed by atoms with Crippen LogP contribution in [0.1, 0.15) is 25.3 Å². The number of hydrogen-bond donors (Lipinski definition) is 1. The molecule has 1 aliphatic heterocycles. The smallest absolute Gasteiger partial charge is 0.239 e. The average molecular weight is 246 g/mol. The second-order valence-corrected chi connectivity index (χ2v) is 5.03. The number of likely N-dealkylation sites (N-methyl/N-ethyl adjacent to an activating group) is 1. The molecule has 98 valence electrons. The summed E-state index contributed by atoms with van der Waals surface area (Å²) in [4.78, 5) is 14.3. The molecule has 0 radical (unpaired) electrons. The molecule has 0 bridgehead atoms. The van der Waals surface area contributed by atoms with Gasteiger partial charge >= 0.3 is 0 Å². The molecule has 0 spiro atoms. The molecule has 1 heterocycles. The summed E-state index contributed by atoms with van der Waals surface area (Å²) in [6, 6.07) is 10.7. The number of nitrogens with zero attached hydrogens (tertiary/aromatic N) is 1. The van der Waals surface area contributed by atoms with Gasteiger partial charge in [0, 0.05) is 12.6 Å². The molecular formula is C15H22N2O. The fourth-order valence-corrected chi connectivity index (χ4v) is 2.60. The van der Waals surface area contributed by atoms with Crippen molar-refractivity contribution < 1.29 is 4.79 Å². The minimum Gasteiger partial charge on any atom is -0.338 e. The Labute approximate surface area is 109 Å². The lowest BCUT2D eigenvalue weighted by Crippen LogP contribution is -2.46. The van der Waals surface area contributed by atoms with Crippen LogP contribution in [-0.4, -0.2) is 36.5 Å². The van der Waals surface area contributed by atoms with E-state index in [1.165, 1.54) is 5.56 Å². The van der Waals surface area contributed by atoms with E-state index in [-0.39, 0.29) is 11.9 Å². The summed E-state index contributed by atoms with van der Waals surface area (Å²) in [6.07, 6.45) is 3.22. The van der Waals surface area contributed by atoms with Crippen molar-refractivity contribution >= 4 is 5.91 Å². The van der Waals surface area contributed by atoms with Gasteiger partial charge < -0.3 is 10.2 Å². The first-order valence-corrected chi connectivity index (χ1v) is 6.74. The van der Waals surface area contributed by atoms with Gasteiger partial charge in [-0.1, -0.05) is 30.3 Å². The summed E-state index contributed by atoms with van der Waals surface area (Å²) >= 11 is 0. The topological polar surface area (TPSA) is 32.3 Å². The monoisotopic (exact) mass is 246 g/mol. The lowest BCUT2D eigenvalue weighted by molar-refractivity contribution is -0.133. The van der Waals surface area contributed by atoms with Gasteiger partial charge in [0.1, 0.15) is 0 Å². The molecule has 2 atom stereocenters. The maximum atomic E-state index is 12.2. The molecule has 1 aliphatic rings. The molecule has 1 amide bonds. The normalized spacial score (nSPS) is 21.0. The summed E-state index contributed by atoms with van der Waals surface area (Å²) in [6.45, 7) is 2.84. The molecule has 0 aromatic heterocycles. The third kappa shape index (κ3) is 2.91. The maximum Gasteiger partial charge on any atom is 0.239 e. The van der Waals surface area contributed by atoms with Crippen LogP contribution in [0.5, 0.6) is 0 Å². The van der Waals surface area contributed by atoms with E-state index in [2.05, 4.69) is 29.6 Å². The first kappa shape index (κ1) is 13.1. The molecule has 18 heavy (non-hydrogen) atoms. The van der Waals surface area contributed by atoms with E-state index in [9.17, 15) is 4.79 Å². The van der Waals surface area contributed by atoms with E-state index < -0.39 is 0 Å². The second kappa shape index (κ2) is 6.01. The predicted molar refractivity (Wildman–Crippen MR) is 73.4 cm³/mol. The Balaban J connectivity index is 2.02. The summed E-state index contributed by atoms with van der Waals surface area (Å²) in [5, 5.41) is 3.03. The highest BCUT2D eigenvalue weighted by atomic mass is 16.2. The van der Waals surface area contributed by atoms with E-state index in [0.717, 1.165) is 25.8 Å². The van der Waals surface area contributed by atoms with Gasteiger partial charge in [0.25, 0.3) is 0 Å². The van der Waals surface area contributed by atoms with Crippen LogP contribution >= 0.6 is 0 Å². The van der Waals surface area contributed by atoms with Crippen molar-refractivity contribution in [3.63, 3.8) is 0 Å². The van der Waals surface area contributed by atoms with Crippen LogP contribution in [0.15, 0.2) is 30.3 Å². The van der Waals surface area contributed by atoms with Crippen molar-refractivity contribution in [3.8, 4) is 0 Å². The van der Waals surface area contributed by atoms with Crippen molar-refractivity contribution in [2.24, 2.45) is 0 Å². The maximum absolute atomic E-state index is 12.2. The molecule has 0 saturated carbocycles. The Kier molecular flexibility index (Phi) is 4.37. The molecule has 2 unspecified atom stereocenters. The summed E-state index contributed by atoms with van der Waals surface area (Å²) < 4.78 is 0. The molecule has 1 aromatic rings. The van der Waals surface area contributed by atoms with Gasteiger partial charge in [-0.2, -0.15) is 0 Å². The number of carbonyl (C=O) groups excluding carboxylic acids is 1. The Hall–Kier alpha value is -1.35. The number of nitrogens with one attached hydrogen (secondary N) is 1. The Morgan fingerprint density at radius 3 is 2.83 bits per heavy atom. The van der Waals surface area contributed by atoms with E-state index in [0.29, 0.717) is 6.04 Å². The van der Waals surface area contributed by atoms with Crippen LogP contribution in [0, 0.1) is 0 Å². The number of carbonyl (C=O) groups is 1. The molecular weight excluding hydrogens is 224 g/mol. The van der Waals surface area contributed by atoms with Crippen LogP contribution < -0.4 is 5.32 Å². The number of rotatable bonds is 4. The van der Waals surface area contributed by atoms with Crippen molar-refractivity contribution in [2.75, 3.05) is 13.6 Å². The third-order valence-corrected chi connectivity index (χ3v) is 3.78. The average Bonchev–Trinajstić information content (AvgIpc) is 2.86. The van der Waals surface area contributed by atoms with Crippen molar-refractivity contribution in [1.82, 2.24) is 10.2 Å². The van der Waals surface area contributed by atoms with Crippen molar-refractivity contribution in [3.05, 3.63) is 35.9 Å². The molecule has 1 aromatic carbocycles. The van der Waals surface area contributed by atoms with Crippen LogP contribution in [0.4, 0.5) is 0 Å². The zero-order valence-corrected chi connectivity index (χ0v) is 11.2. The van der Waals surface area contributed by atoms with Gasteiger partial charge in [0.05, 0.1) is 6.04 Å². The Morgan fingerprint density at radius 2 is 2.17 bits per heavy atom. The summed E-state index contributed by atoms with van der Waals surface area (Å²) in [5.74, 6) is 0.232. The van der Waals surface area contributed by atoms with Gasteiger partial charge in [-0.3, -0.25) is 4.79 Å². The Bertz CT molecular complexity index is 391.